The molecule has 1 aromatic rings. The molecule has 0 heterocycles. The number of nitrogens with zero attached hydrogens (tertiary/aromatic N) is 1. The van der Waals surface area contributed by atoms with Gasteiger partial charge in [-0.3, -0.25) is 4.90 Å². The zero-order valence-electron chi connectivity index (χ0n) is 14.1. The second-order valence-electron chi connectivity index (χ2n) is 6.78. The second kappa shape index (κ2) is 8.92. The summed E-state index contributed by atoms with van der Waals surface area (Å²) in [6.07, 6.45) is 0.985. The van der Waals surface area contributed by atoms with Gasteiger partial charge in [-0.1, -0.05) is 68.7 Å². The molecule has 0 aliphatic heterocycles. The number of rotatable bonds is 8. The summed E-state index contributed by atoms with van der Waals surface area (Å²) in [5, 5.41) is 0. The van der Waals surface area contributed by atoms with E-state index in [0.717, 1.165) is 24.0 Å². The summed E-state index contributed by atoms with van der Waals surface area (Å²) >= 11 is 3.71. The van der Waals surface area contributed by atoms with Gasteiger partial charge in [0.15, 0.2) is 0 Å². The van der Waals surface area contributed by atoms with Crippen molar-refractivity contribution in [3.8, 4) is 0 Å². The van der Waals surface area contributed by atoms with Crippen LogP contribution in [0.25, 0.3) is 0 Å². The Hall–Kier alpha value is -0.380. The van der Waals surface area contributed by atoms with Crippen molar-refractivity contribution in [2.45, 2.75) is 53.1 Å². The van der Waals surface area contributed by atoms with Gasteiger partial charge in [0.05, 0.1) is 6.04 Å². The van der Waals surface area contributed by atoms with E-state index >= 15 is 0 Å². The SMILES string of the molecule is CCC(N)C(c1ccccc1Br)N(CC(C)C)CC(C)C. The van der Waals surface area contributed by atoms with E-state index in [1.54, 1.807) is 0 Å². The Morgan fingerprint density at radius 2 is 1.57 bits per heavy atom. The van der Waals surface area contributed by atoms with Crippen LogP contribution in [0.5, 0.6) is 0 Å². The van der Waals surface area contributed by atoms with E-state index in [2.05, 4.69) is 79.7 Å². The van der Waals surface area contributed by atoms with Crippen LogP contribution in [0, 0.1) is 11.8 Å². The molecule has 0 bridgehead atoms. The molecule has 1 rings (SSSR count). The maximum atomic E-state index is 6.51. The molecule has 2 unspecified atom stereocenters. The highest BCUT2D eigenvalue weighted by atomic mass is 79.9. The van der Waals surface area contributed by atoms with Gasteiger partial charge in [0.2, 0.25) is 0 Å². The lowest BCUT2D eigenvalue weighted by Crippen LogP contribution is -2.44. The van der Waals surface area contributed by atoms with Crippen LogP contribution >= 0.6 is 15.9 Å². The lowest BCUT2D eigenvalue weighted by molar-refractivity contribution is 0.134. The van der Waals surface area contributed by atoms with Crippen molar-refractivity contribution in [3.05, 3.63) is 34.3 Å². The van der Waals surface area contributed by atoms with Crippen molar-refractivity contribution in [1.82, 2.24) is 4.90 Å². The smallest absolute Gasteiger partial charge is 0.0510 e. The van der Waals surface area contributed by atoms with Crippen molar-refractivity contribution >= 4 is 15.9 Å². The van der Waals surface area contributed by atoms with E-state index in [1.165, 1.54) is 5.56 Å². The zero-order chi connectivity index (χ0) is 16.0. The first-order valence-electron chi connectivity index (χ1n) is 8.10. The van der Waals surface area contributed by atoms with Gasteiger partial charge in [-0.05, 0) is 29.9 Å². The minimum absolute atomic E-state index is 0.154. The first-order chi connectivity index (χ1) is 9.86. The Morgan fingerprint density at radius 1 is 1.05 bits per heavy atom. The number of nitrogens with two attached hydrogens (primary N) is 1. The third-order valence-corrected chi connectivity index (χ3v) is 4.42. The van der Waals surface area contributed by atoms with Crippen LogP contribution in [0.2, 0.25) is 0 Å². The van der Waals surface area contributed by atoms with E-state index in [4.69, 9.17) is 5.73 Å². The highest BCUT2D eigenvalue weighted by molar-refractivity contribution is 9.10. The third-order valence-electron chi connectivity index (χ3n) is 3.69. The van der Waals surface area contributed by atoms with Crippen LogP contribution in [0.15, 0.2) is 28.7 Å². The van der Waals surface area contributed by atoms with Gasteiger partial charge in [-0.25, -0.2) is 0 Å². The molecule has 0 saturated heterocycles. The molecule has 0 amide bonds. The quantitative estimate of drug-likeness (QED) is 0.723. The molecular weight excluding hydrogens is 324 g/mol. The third kappa shape index (κ3) is 5.72. The summed E-state index contributed by atoms with van der Waals surface area (Å²) in [7, 11) is 0. The van der Waals surface area contributed by atoms with Crippen LogP contribution in [0.3, 0.4) is 0 Å². The van der Waals surface area contributed by atoms with E-state index in [0.29, 0.717) is 11.8 Å². The Kier molecular flexibility index (Phi) is 7.93. The highest BCUT2D eigenvalue weighted by Crippen LogP contribution is 2.32. The van der Waals surface area contributed by atoms with E-state index in [1.807, 2.05) is 0 Å². The summed E-state index contributed by atoms with van der Waals surface area (Å²) in [6, 6.07) is 8.93. The predicted octanol–water partition coefficient (Wildman–Crippen LogP) is 4.84. The molecule has 0 aliphatic rings. The summed E-state index contributed by atoms with van der Waals surface area (Å²) in [5.41, 5.74) is 7.82. The molecule has 1 aromatic carbocycles. The molecule has 0 aliphatic carbocycles. The predicted molar refractivity (Wildman–Crippen MR) is 96.4 cm³/mol. The van der Waals surface area contributed by atoms with Gasteiger partial charge >= 0.3 is 0 Å². The molecule has 0 spiro atoms. The number of hydrogen-bond donors (Lipinski definition) is 1. The Bertz CT molecular complexity index is 407. The first-order valence-corrected chi connectivity index (χ1v) is 8.90. The largest absolute Gasteiger partial charge is 0.326 e. The van der Waals surface area contributed by atoms with Gasteiger partial charge in [0, 0.05) is 23.6 Å². The molecule has 3 heteroatoms. The Balaban J connectivity index is 3.16. The van der Waals surface area contributed by atoms with E-state index < -0.39 is 0 Å². The van der Waals surface area contributed by atoms with Crippen LogP contribution in [-0.2, 0) is 0 Å². The average molecular weight is 355 g/mol. The summed E-state index contributed by atoms with van der Waals surface area (Å²) < 4.78 is 1.16. The molecule has 2 atom stereocenters. The Labute approximate surface area is 139 Å². The summed E-state index contributed by atoms with van der Waals surface area (Å²) in [5.74, 6) is 1.27. The summed E-state index contributed by atoms with van der Waals surface area (Å²) in [6.45, 7) is 13.5. The van der Waals surface area contributed by atoms with Crippen molar-refractivity contribution < 1.29 is 0 Å². The molecule has 0 aromatic heterocycles. The standard InChI is InChI=1S/C18H31BrN2/c1-6-17(20)18(15-9-7-8-10-16(15)19)21(11-13(2)3)12-14(4)5/h7-10,13-14,17-18H,6,11-12,20H2,1-5H3. The van der Waals surface area contributed by atoms with E-state index in [-0.39, 0.29) is 12.1 Å². The fourth-order valence-corrected chi connectivity index (χ4v) is 3.40. The molecular formula is C18H31BrN2. The van der Waals surface area contributed by atoms with E-state index in [9.17, 15) is 0 Å². The Morgan fingerprint density at radius 3 is 2.00 bits per heavy atom. The maximum Gasteiger partial charge on any atom is 0.0510 e. The maximum absolute atomic E-state index is 6.51. The fraction of sp³-hybridized carbons (Fsp3) is 0.667. The molecule has 2 nitrogen and oxygen atoms in total. The van der Waals surface area contributed by atoms with Crippen molar-refractivity contribution in [1.29, 1.82) is 0 Å². The van der Waals surface area contributed by atoms with Crippen LogP contribution in [-0.4, -0.2) is 24.0 Å². The van der Waals surface area contributed by atoms with Crippen molar-refractivity contribution in [2.24, 2.45) is 17.6 Å². The number of benzene rings is 1. The second-order valence-corrected chi connectivity index (χ2v) is 7.63. The van der Waals surface area contributed by atoms with Crippen LogP contribution in [0.1, 0.15) is 52.6 Å². The molecule has 120 valence electrons. The van der Waals surface area contributed by atoms with Crippen LogP contribution < -0.4 is 5.73 Å². The molecule has 21 heavy (non-hydrogen) atoms. The highest BCUT2D eigenvalue weighted by Gasteiger charge is 2.28. The van der Waals surface area contributed by atoms with Crippen LogP contribution in [0.4, 0.5) is 0 Å². The minimum Gasteiger partial charge on any atom is -0.326 e. The molecule has 2 N–H and O–H groups in total. The summed E-state index contributed by atoms with van der Waals surface area (Å²) in [4.78, 5) is 2.57. The monoisotopic (exact) mass is 354 g/mol. The van der Waals surface area contributed by atoms with Gasteiger partial charge in [-0.15, -0.1) is 0 Å². The van der Waals surface area contributed by atoms with Gasteiger partial charge in [-0.2, -0.15) is 0 Å². The first kappa shape index (κ1) is 18.7. The van der Waals surface area contributed by atoms with Gasteiger partial charge in [0.1, 0.15) is 0 Å². The number of hydrogen-bond acceptors (Lipinski definition) is 2. The zero-order valence-corrected chi connectivity index (χ0v) is 15.7. The lowest BCUT2D eigenvalue weighted by Gasteiger charge is -2.38. The van der Waals surface area contributed by atoms with Crippen molar-refractivity contribution in [3.63, 3.8) is 0 Å². The normalized spacial score (nSPS) is 15.0. The average Bonchev–Trinajstić information content (AvgIpc) is 2.39. The minimum atomic E-state index is 0.154. The molecule has 0 saturated carbocycles. The fourth-order valence-electron chi connectivity index (χ4n) is 2.88. The molecule has 0 fully saturated rings. The van der Waals surface area contributed by atoms with Gasteiger partial charge in [0.25, 0.3) is 0 Å². The topological polar surface area (TPSA) is 29.3 Å². The lowest BCUT2D eigenvalue weighted by atomic mass is 9.94. The van der Waals surface area contributed by atoms with Crippen molar-refractivity contribution in [2.75, 3.05) is 13.1 Å². The van der Waals surface area contributed by atoms with Gasteiger partial charge < -0.3 is 5.73 Å². The number of halogens is 1. The molecule has 0 radical (unpaired) electrons.